The number of carbonyl (C=O) groups excluding carboxylic acids is 1. The standard InChI is InChI=1S/C29H34N4O/c1-5-28(34)32-10-12-33(13-11-32)29-26-16-23(19(2)3)25(17-27(26)30-18-31-29)24-15-20(4)14-21-8-6-7-9-22(21)24/h5-9,14-15,18-19,23,25H,1,10-13,16-17H2,2-4H3. The molecule has 5 heteroatoms. The monoisotopic (exact) mass is 454 g/mol. The van der Waals surface area contributed by atoms with Crippen LogP contribution in [0.1, 0.15) is 42.1 Å². The van der Waals surface area contributed by atoms with E-state index in [2.05, 4.69) is 68.6 Å². The fraction of sp³-hybridized carbons (Fsp3) is 0.414. The molecule has 1 aliphatic heterocycles. The van der Waals surface area contributed by atoms with E-state index in [1.54, 1.807) is 6.33 Å². The molecule has 2 aliphatic rings. The van der Waals surface area contributed by atoms with Crippen LogP contribution in [0.3, 0.4) is 0 Å². The first-order valence-electron chi connectivity index (χ1n) is 12.4. The average Bonchev–Trinajstić information content (AvgIpc) is 2.86. The third-order valence-electron chi connectivity index (χ3n) is 7.74. The summed E-state index contributed by atoms with van der Waals surface area (Å²) < 4.78 is 0. The molecule has 2 aromatic carbocycles. The molecular weight excluding hydrogens is 420 g/mol. The topological polar surface area (TPSA) is 49.3 Å². The number of rotatable bonds is 4. The van der Waals surface area contributed by atoms with E-state index in [1.807, 2.05) is 4.90 Å². The van der Waals surface area contributed by atoms with Crippen LogP contribution >= 0.6 is 0 Å². The fourth-order valence-corrected chi connectivity index (χ4v) is 5.94. The summed E-state index contributed by atoms with van der Waals surface area (Å²) in [5.41, 5.74) is 5.26. The summed E-state index contributed by atoms with van der Waals surface area (Å²) in [6.07, 6.45) is 5.07. The Labute approximate surface area is 202 Å². The number of carbonyl (C=O) groups is 1. The number of aromatic nitrogens is 2. The first-order valence-corrected chi connectivity index (χ1v) is 12.4. The van der Waals surface area contributed by atoms with Gasteiger partial charge in [0.1, 0.15) is 12.1 Å². The van der Waals surface area contributed by atoms with Crippen molar-refractivity contribution < 1.29 is 4.79 Å². The SMILES string of the molecule is C=CC(=O)N1CCN(c2ncnc3c2CC(C(C)C)C(c2cc(C)cc4ccccc24)C3)CC1. The summed E-state index contributed by atoms with van der Waals surface area (Å²) in [7, 11) is 0. The molecule has 5 nitrogen and oxygen atoms in total. The van der Waals surface area contributed by atoms with Crippen molar-refractivity contribution >= 4 is 22.5 Å². The zero-order valence-corrected chi connectivity index (χ0v) is 20.5. The number of hydrogen-bond acceptors (Lipinski definition) is 4. The Hall–Kier alpha value is -3.21. The Balaban J connectivity index is 1.50. The largest absolute Gasteiger partial charge is 0.353 e. The van der Waals surface area contributed by atoms with Crippen molar-refractivity contribution in [1.82, 2.24) is 14.9 Å². The van der Waals surface area contributed by atoms with Gasteiger partial charge in [-0.25, -0.2) is 9.97 Å². The fourth-order valence-electron chi connectivity index (χ4n) is 5.94. The molecule has 0 N–H and O–H groups in total. The van der Waals surface area contributed by atoms with Crippen molar-refractivity contribution in [3.05, 3.63) is 77.8 Å². The predicted octanol–water partition coefficient (Wildman–Crippen LogP) is 4.93. The van der Waals surface area contributed by atoms with Gasteiger partial charge in [0.25, 0.3) is 0 Å². The maximum atomic E-state index is 12.0. The summed E-state index contributed by atoms with van der Waals surface area (Å²) in [5, 5.41) is 2.69. The molecule has 176 valence electrons. The molecule has 1 fully saturated rings. The van der Waals surface area contributed by atoms with Crippen molar-refractivity contribution in [2.45, 2.75) is 39.5 Å². The highest BCUT2D eigenvalue weighted by molar-refractivity contribution is 5.87. The summed E-state index contributed by atoms with van der Waals surface area (Å²) in [4.78, 5) is 25.8. The molecular formula is C29H34N4O. The molecule has 3 aromatic rings. The molecule has 0 saturated carbocycles. The van der Waals surface area contributed by atoms with E-state index in [9.17, 15) is 4.79 Å². The van der Waals surface area contributed by atoms with Crippen LogP contribution in [0.15, 0.2) is 55.4 Å². The van der Waals surface area contributed by atoms with Crippen LogP contribution in [0.5, 0.6) is 0 Å². The third kappa shape index (κ3) is 4.08. The molecule has 5 rings (SSSR count). The normalized spacial score (nSPS) is 20.5. The van der Waals surface area contributed by atoms with Gasteiger partial charge < -0.3 is 9.80 Å². The zero-order chi connectivity index (χ0) is 23.8. The summed E-state index contributed by atoms with van der Waals surface area (Å²) in [6.45, 7) is 13.5. The lowest BCUT2D eigenvalue weighted by Crippen LogP contribution is -2.49. The van der Waals surface area contributed by atoms with E-state index in [1.165, 1.54) is 39.2 Å². The van der Waals surface area contributed by atoms with E-state index in [-0.39, 0.29) is 5.91 Å². The van der Waals surface area contributed by atoms with Gasteiger partial charge in [0, 0.05) is 37.4 Å². The number of fused-ring (bicyclic) bond motifs is 2. The number of piperazine rings is 1. The van der Waals surface area contributed by atoms with E-state index < -0.39 is 0 Å². The van der Waals surface area contributed by atoms with Crippen LogP contribution in [0.4, 0.5) is 5.82 Å². The van der Waals surface area contributed by atoms with Crippen molar-refractivity contribution in [1.29, 1.82) is 0 Å². The molecule has 2 atom stereocenters. The molecule has 2 heterocycles. The summed E-state index contributed by atoms with van der Waals surface area (Å²) in [6, 6.07) is 13.5. The van der Waals surface area contributed by atoms with Gasteiger partial charge in [0.2, 0.25) is 5.91 Å². The van der Waals surface area contributed by atoms with E-state index >= 15 is 0 Å². The highest BCUT2D eigenvalue weighted by Crippen LogP contribution is 2.44. The van der Waals surface area contributed by atoms with Crippen LogP contribution < -0.4 is 4.90 Å². The smallest absolute Gasteiger partial charge is 0.246 e. The van der Waals surface area contributed by atoms with Gasteiger partial charge in [-0.2, -0.15) is 0 Å². The Morgan fingerprint density at radius 1 is 1.09 bits per heavy atom. The second kappa shape index (κ2) is 9.21. The summed E-state index contributed by atoms with van der Waals surface area (Å²) in [5.74, 6) is 2.58. The lowest BCUT2D eigenvalue weighted by Gasteiger charge is -2.40. The molecule has 1 amide bonds. The van der Waals surface area contributed by atoms with Gasteiger partial charge in [-0.15, -0.1) is 0 Å². The maximum absolute atomic E-state index is 12.0. The van der Waals surface area contributed by atoms with E-state index in [0.29, 0.717) is 30.8 Å². The molecule has 34 heavy (non-hydrogen) atoms. The van der Waals surface area contributed by atoms with E-state index in [4.69, 9.17) is 9.97 Å². The third-order valence-corrected chi connectivity index (χ3v) is 7.74. The lowest BCUT2D eigenvalue weighted by atomic mass is 9.68. The Kier molecular flexibility index (Phi) is 6.11. The van der Waals surface area contributed by atoms with Crippen LogP contribution in [0, 0.1) is 18.8 Å². The van der Waals surface area contributed by atoms with Gasteiger partial charge in [-0.3, -0.25) is 4.79 Å². The molecule has 1 aromatic heterocycles. The Morgan fingerprint density at radius 3 is 2.59 bits per heavy atom. The van der Waals surface area contributed by atoms with Gasteiger partial charge in [0.15, 0.2) is 0 Å². The van der Waals surface area contributed by atoms with Crippen LogP contribution in [-0.4, -0.2) is 47.0 Å². The first-order chi connectivity index (χ1) is 16.5. The second-order valence-corrected chi connectivity index (χ2v) is 10.1. The molecule has 0 spiro atoms. The number of benzene rings is 2. The maximum Gasteiger partial charge on any atom is 0.246 e. The minimum Gasteiger partial charge on any atom is -0.353 e. The molecule has 1 aliphatic carbocycles. The van der Waals surface area contributed by atoms with Crippen LogP contribution in [0.2, 0.25) is 0 Å². The molecule has 0 radical (unpaired) electrons. The minimum atomic E-state index is 0.0115. The Bertz CT molecular complexity index is 1230. The highest BCUT2D eigenvalue weighted by Gasteiger charge is 2.36. The van der Waals surface area contributed by atoms with Crippen molar-refractivity contribution in [2.24, 2.45) is 11.8 Å². The van der Waals surface area contributed by atoms with Gasteiger partial charge in [-0.05, 0) is 59.9 Å². The van der Waals surface area contributed by atoms with Gasteiger partial charge in [-0.1, -0.05) is 62.4 Å². The van der Waals surface area contributed by atoms with Crippen LogP contribution in [-0.2, 0) is 17.6 Å². The quantitative estimate of drug-likeness (QED) is 0.525. The molecule has 0 bridgehead atoms. The number of aryl methyl sites for hydroxylation is 1. The van der Waals surface area contributed by atoms with E-state index in [0.717, 1.165) is 31.7 Å². The lowest BCUT2D eigenvalue weighted by molar-refractivity contribution is -0.126. The summed E-state index contributed by atoms with van der Waals surface area (Å²) >= 11 is 0. The van der Waals surface area contributed by atoms with Gasteiger partial charge >= 0.3 is 0 Å². The molecule has 1 saturated heterocycles. The number of hydrogen-bond donors (Lipinski definition) is 0. The number of anilines is 1. The average molecular weight is 455 g/mol. The van der Waals surface area contributed by atoms with Gasteiger partial charge in [0.05, 0.1) is 0 Å². The highest BCUT2D eigenvalue weighted by atomic mass is 16.2. The predicted molar refractivity (Wildman–Crippen MR) is 138 cm³/mol. The second-order valence-electron chi connectivity index (χ2n) is 10.1. The van der Waals surface area contributed by atoms with Crippen LogP contribution in [0.25, 0.3) is 10.8 Å². The number of nitrogens with zero attached hydrogens (tertiary/aromatic N) is 4. The zero-order valence-electron chi connectivity index (χ0n) is 20.5. The van der Waals surface area contributed by atoms with Crippen molar-refractivity contribution in [3.63, 3.8) is 0 Å². The Morgan fingerprint density at radius 2 is 1.85 bits per heavy atom. The van der Waals surface area contributed by atoms with Crippen molar-refractivity contribution in [3.8, 4) is 0 Å². The minimum absolute atomic E-state index is 0.0115. The number of amides is 1. The first kappa shape index (κ1) is 22.6. The molecule has 2 unspecified atom stereocenters. The van der Waals surface area contributed by atoms with Crippen molar-refractivity contribution in [2.75, 3.05) is 31.1 Å².